The van der Waals surface area contributed by atoms with Crippen molar-refractivity contribution in [1.82, 2.24) is 9.78 Å². The van der Waals surface area contributed by atoms with Crippen LogP contribution in [0.15, 0.2) is 29.1 Å². The van der Waals surface area contributed by atoms with Gasteiger partial charge in [0, 0.05) is 24.3 Å². The van der Waals surface area contributed by atoms with Gasteiger partial charge in [0.05, 0.1) is 5.69 Å². The molecule has 0 fully saturated rings. The van der Waals surface area contributed by atoms with Gasteiger partial charge in [-0.25, -0.2) is 4.68 Å². The minimum atomic E-state index is -0.165. The third kappa shape index (κ3) is 2.09. The number of aromatic amines is 1. The summed E-state index contributed by atoms with van der Waals surface area (Å²) in [5.74, 6) is 0.153. The highest BCUT2D eigenvalue weighted by molar-refractivity contribution is 5.37. The highest BCUT2D eigenvalue weighted by Crippen LogP contribution is 2.12. The first-order chi connectivity index (χ1) is 8.13. The Bertz CT molecular complexity index is 566. The van der Waals surface area contributed by atoms with Crippen molar-refractivity contribution in [3.05, 3.63) is 45.9 Å². The number of aryl methyl sites for hydroxylation is 1. The molecule has 0 amide bonds. The zero-order valence-corrected chi connectivity index (χ0v) is 9.47. The number of rotatable bonds is 3. The number of aliphatic hydroxyl groups excluding tert-OH is 1. The molecule has 0 saturated heterocycles. The molecule has 2 aromatic rings. The number of hydrogen-bond donors (Lipinski definition) is 3. The van der Waals surface area contributed by atoms with Gasteiger partial charge >= 0.3 is 0 Å². The van der Waals surface area contributed by atoms with E-state index in [2.05, 4.69) is 5.10 Å². The molecule has 0 spiro atoms. The SMILES string of the molecule is Cc1[nH]n(-c2ccc(O)cc2)c(=O)c1CCO. The van der Waals surface area contributed by atoms with E-state index in [0.29, 0.717) is 17.7 Å². The van der Waals surface area contributed by atoms with Gasteiger partial charge in [-0.3, -0.25) is 9.89 Å². The van der Waals surface area contributed by atoms with Crippen LogP contribution in [-0.4, -0.2) is 26.6 Å². The van der Waals surface area contributed by atoms with Gasteiger partial charge in [-0.1, -0.05) is 0 Å². The monoisotopic (exact) mass is 234 g/mol. The maximum Gasteiger partial charge on any atom is 0.274 e. The van der Waals surface area contributed by atoms with Crippen molar-refractivity contribution in [3.63, 3.8) is 0 Å². The van der Waals surface area contributed by atoms with Crippen LogP contribution in [0.3, 0.4) is 0 Å². The van der Waals surface area contributed by atoms with Crippen LogP contribution in [-0.2, 0) is 6.42 Å². The molecule has 0 saturated carbocycles. The summed E-state index contributed by atoms with van der Waals surface area (Å²) in [5.41, 5.74) is 1.82. The number of benzene rings is 1. The summed E-state index contributed by atoms with van der Waals surface area (Å²) in [6.07, 6.45) is 0.340. The number of H-pyrrole nitrogens is 1. The van der Waals surface area contributed by atoms with Crippen LogP contribution in [0.2, 0.25) is 0 Å². The van der Waals surface area contributed by atoms with Gasteiger partial charge in [0.25, 0.3) is 5.56 Å². The maximum absolute atomic E-state index is 12.0. The van der Waals surface area contributed by atoms with Crippen molar-refractivity contribution in [2.45, 2.75) is 13.3 Å². The Balaban J connectivity index is 2.50. The minimum absolute atomic E-state index is 0.0521. The smallest absolute Gasteiger partial charge is 0.274 e. The summed E-state index contributed by atoms with van der Waals surface area (Å²) in [5, 5.41) is 21.0. The van der Waals surface area contributed by atoms with E-state index in [-0.39, 0.29) is 17.9 Å². The summed E-state index contributed by atoms with van der Waals surface area (Å²) in [6.45, 7) is 1.74. The molecule has 2 rings (SSSR count). The van der Waals surface area contributed by atoms with Crippen molar-refractivity contribution < 1.29 is 10.2 Å². The Morgan fingerprint density at radius 2 is 1.94 bits per heavy atom. The molecule has 1 aromatic heterocycles. The second-order valence-corrected chi connectivity index (χ2v) is 3.85. The number of phenolic OH excluding ortho intramolecular Hbond substituents is 1. The molecule has 0 aliphatic rings. The lowest BCUT2D eigenvalue weighted by Gasteiger charge is -2.00. The number of hydrogen-bond acceptors (Lipinski definition) is 3. The van der Waals surface area contributed by atoms with Crippen LogP contribution in [0.5, 0.6) is 5.75 Å². The normalized spacial score (nSPS) is 10.7. The molecule has 90 valence electrons. The molecular weight excluding hydrogens is 220 g/mol. The first-order valence-corrected chi connectivity index (χ1v) is 5.34. The van der Waals surface area contributed by atoms with Crippen molar-refractivity contribution in [2.75, 3.05) is 6.61 Å². The van der Waals surface area contributed by atoms with E-state index in [9.17, 15) is 9.90 Å². The lowest BCUT2D eigenvalue weighted by Crippen LogP contribution is -2.17. The predicted octanol–water partition coefficient (Wildman–Crippen LogP) is 0.714. The van der Waals surface area contributed by atoms with Gasteiger partial charge in [-0.05, 0) is 31.2 Å². The molecule has 0 bridgehead atoms. The Morgan fingerprint density at radius 3 is 2.53 bits per heavy atom. The molecule has 3 N–H and O–H groups in total. The number of nitrogens with one attached hydrogen (secondary N) is 1. The van der Waals surface area contributed by atoms with Crippen molar-refractivity contribution in [3.8, 4) is 11.4 Å². The average Bonchev–Trinajstić information content (AvgIpc) is 2.59. The van der Waals surface area contributed by atoms with Crippen LogP contribution in [0, 0.1) is 6.92 Å². The van der Waals surface area contributed by atoms with Gasteiger partial charge in [-0.2, -0.15) is 0 Å². The molecular formula is C12H14N2O3. The fraction of sp³-hybridized carbons (Fsp3) is 0.250. The van der Waals surface area contributed by atoms with E-state index < -0.39 is 0 Å². The van der Waals surface area contributed by atoms with E-state index in [0.717, 1.165) is 5.69 Å². The van der Waals surface area contributed by atoms with Crippen molar-refractivity contribution in [2.24, 2.45) is 0 Å². The van der Waals surface area contributed by atoms with E-state index in [1.165, 1.54) is 16.8 Å². The van der Waals surface area contributed by atoms with Crippen molar-refractivity contribution in [1.29, 1.82) is 0 Å². The highest BCUT2D eigenvalue weighted by atomic mass is 16.3. The van der Waals surface area contributed by atoms with E-state index in [4.69, 9.17) is 5.11 Å². The summed E-state index contributed by atoms with van der Waals surface area (Å²) >= 11 is 0. The zero-order chi connectivity index (χ0) is 12.4. The summed E-state index contributed by atoms with van der Waals surface area (Å²) < 4.78 is 1.40. The van der Waals surface area contributed by atoms with E-state index in [1.54, 1.807) is 19.1 Å². The zero-order valence-electron chi connectivity index (χ0n) is 9.47. The fourth-order valence-electron chi connectivity index (χ4n) is 1.77. The van der Waals surface area contributed by atoms with Gasteiger partial charge in [0.2, 0.25) is 0 Å². The average molecular weight is 234 g/mol. The quantitative estimate of drug-likeness (QED) is 0.732. The predicted molar refractivity (Wildman–Crippen MR) is 63.6 cm³/mol. The summed E-state index contributed by atoms with van der Waals surface area (Å²) in [4.78, 5) is 12.0. The van der Waals surface area contributed by atoms with Crippen LogP contribution >= 0.6 is 0 Å². The largest absolute Gasteiger partial charge is 0.508 e. The molecule has 1 aromatic carbocycles. The summed E-state index contributed by atoms with van der Waals surface area (Å²) in [7, 11) is 0. The standard InChI is InChI=1S/C12H14N2O3/c1-8-11(6-7-15)12(17)14(13-8)9-2-4-10(16)5-3-9/h2-5,13,15-16H,6-7H2,1H3. The Labute approximate surface area is 97.9 Å². The molecule has 0 aliphatic heterocycles. The number of aromatic nitrogens is 2. The van der Waals surface area contributed by atoms with Crippen LogP contribution in [0.25, 0.3) is 5.69 Å². The topological polar surface area (TPSA) is 78.2 Å². The third-order valence-corrected chi connectivity index (χ3v) is 2.66. The molecule has 0 atom stereocenters. The first-order valence-electron chi connectivity index (χ1n) is 5.34. The van der Waals surface area contributed by atoms with Crippen LogP contribution in [0.4, 0.5) is 0 Å². The second-order valence-electron chi connectivity index (χ2n) is 3.85. The van der Waals surface area contributed by atoms with Gasteiger partial charge in [0.15, 0.2) is 0 Å². The maximum atomic E-state index is 12.0. The molecule has 0 aliphatic carbocycles. The van der Waals surface area contributed by atoms with Crippen molar-refractivity contribution >= 4 is 0 Å². The Morgan fingerprint density at radius 1 is 1.29 bits per heavy atom. The first kappa shape index (κ1) is 11.5. The number of aromatic hydroxyl groups is 1. The number of nitrogens with zero attached hydrogens (tertiary/aromatic N) is 1. The molecule has 17 heavy (non-hydrogen) atoms. The van der Waals surface area contributed by atoms with Crippen LogP contribution < -0.4 is 5.56 Å². The number of phenols is 1. The third-order valence-electron chi connectivity index (χ3n) is 2.66. The van der Waals surface area contributed by atoms with E-state index in [1.807, 2.05) is 0 Å². The summed E-state index contributed by atoms with van der Waals surface area (Å²) in [6, 6.07) is 6.33. The van der Waals surface area contributed by atoms with Gasteiger partial charge < -0.3 is 10.2 Å². The fourth-order valence-corrected chi connectivity index (χ4v) is 1.77. The van der Waals surface area contributed by atoms with Gasteiger partial charge in [0.1, 0.15) is 5.75 Å². The highest BCUT2D eigenvalue weighted by Gasteiger charge is 2.11. The van der Waals surface area contributed by atoms with Crippen LogP contribution in [0.1, 0.15) is 11.3 Å². The Hall–Kier alpha value is -2.01. The second kappa shape index (κ2) is 4.47. The molecule has 0 radical (unpaired) electrons. The number of aliphatic hydroxyl groups is 1. The molecule has 5 nitrogen and oxygen atoms in total. The minimum Gasteiger partial charge on any atom is -0.508 e. The lowest BCUT2D eigenvalue weighted by molar-refractivity contribution is 0.299. The lowest BCUT2D eigenvalue weighted by atomic mass is 10.2. The Kier molecular flexibility index (Phi) is 3.01. The molecule has 5 heteroatoms. The molecule has 1 heterocycles. The van der Waals surface area contributed by atoms with Gasteiger partial charge in [-0.15, -0.1) is 0 Å². The molecule has 0 unspecified atom stereocenters. The van der Waals surface area contributed by atoms with E-state index >= 15 is 0 Å².